The van der Waals surface area contributed by atoms with E-state index in [-0.39, 0.29) is 12.1 Å². The van der Waals surface area contributed by atoms with Crippen LogP contribution in [0.1, 0.15) is 20.3 Å². The van der Waals surface area contributed by atoms with Gasteiger partial charge in [0.1, 0.15) is 0 Å². The molecule has 0 aliphatic carbocycles. The Bertz CT molecular complexity index is 495. The molecule has 0 amide bonds. The van der Waals surface area contributed by atoms with Crippen molar-refractivity contribution >= 4 is 15.7 Å². The van der Waals surface area contributed by atoms with Crippen LogP contribution < -0.4 is 11.1 Å². The van der Waals surface area contributed by atoms with E-state index in [0.29, 0.717) is 4.90 Å². The zero-order chi connectivity index (χ0) is 14.6. The number of hydrogen-bond acceptors (Lipinski definition) is 4. The van der Waals surface area contributed by atoms with Crippen molar-refractivity contribution in [3.63, 3.8) is 0 Å². The number of benzene rings is 1. The minimum Gasteiger partial charge on any atom is -0.383 e. The number of hydrogen-bond donors (Lipinski definition) is 2. The highest BCUT2D eigenvalue weighted by Crippen LogP contribution is 2.17. The summed E-state index contributed by atoms with van der Waals surface area (Å²) in [5.41, 5.74) is 6.63. The fraction of sp³-hybridized carbons (Fsp3) is 0.538. The lowest BCUT2D eigenvalue weighted by Gasteiger charge is -2.18. The number of nitrogens with one attached hydrogen (secondary N) is 1. The lowest BCUT2D eigenvalue weighted by atomic mass is 10.1. The SMILES string of the molecule is CC(N)CC(C)Nc1ccc(S(=O)(=O)N(C)C)cc1. The summed E-state index contributed by atoms with van der Waals surface area (Å²) < 4.78 is 25.0. The van der Waals surface area contributed by atoms with Gasteiger partial charge in [0, 0.05) is 31.9 Å². The van der Waals surface area contributed by atoms with Crippen LogP contribution in [0.25, 0.3) is 0 Å². The number of anilines is 1. The molecule has 0 radical (unpaired) electrons. The second-order valence-electron chi connectivity index (χ2n) is 5.07. The molecule has 2 unspecified atom stereocenters. The van der Waals surface area contributed by atoms with Crippen molar-refractivity contribution in [1.29, 1.82) is 0 Å². The summed E-state index contributed by atoms with van der Waals surface area (Å²) in [7, 11) is -0.315. The quantitative estimate of drug-likeness (QED) is 0.830. The molecule has 0 spiro atoms. The zero-order valence-corrected chi connectivity index (χ0v) is 12.7. The van der Waals surface area contributed by atoms with Gasteiger partial charge in [-0.25, -0.2) is 12.7 Å². The molecule has 0 fully saturated rings. The van der Waals surface area contributed by atoms with Crippen molar-refractivity contribution in [2.75, 3.05) is 19.4 Å². The van der Waals surface area contributed by atoms with Crippen LogP contribution in [0.15, 0.2) is 29.2 Å². The Hall–Kier alpha value is -1.11. The molecule has 0 bridgehead atoms. The van der Waals surface area contributed by atoms with Gasteiger partial charge < -0.3 is 11.1 Å². The van der Waals surface area contributed by atoms with Gasteiger partial charge in [-0.2, -0.15) is 0 Å². The van der Waals surface area contributed by atoms with Crippen molar-refractivity contribution in [1.82, 2.24) is 4.31 Å². The third-order valence-electron chi connectivity index (χ3n) is 2.77. The number of rotatable bonds is 6. The maximum atomic E-state index is 11.9. The van der Waals surface area contributed by atoms with Gasteiger partial charge in [0.05, 0.1) is 4.90 Å². The van der Waals surface area contributed by atoms with Crippen molar-refractivity contribution < 1.29 is 8.42 Å². The average Bonchev–Trinajstić information content (AvgIpc) is 2.28. The van der Waals surface area contributed by atoms with E-state index in [1.165, 1.54) is 18.4 Å². The Morgan fingerprint density at radius 2 is 1.74 bits per heavy atom. The molecule has 5 nitrogen and oxygen atoms in total. The first-order chi connectivity index (χ1) is 8.73. The van der Waals surface area contributed by atoms with Gasteiger partial charge in [-0.15, -0.1) is 0 Å². The van der Waals surface area contributed by atoms with Crippen LogP contribution in [-0.4, -0.2) is 38.9 Å². The lowest BCUT2D eigenvalue weighted by molar-refractivity contribution is 0.521. The number of sulfonamides is 1. The van der Waals surface area contributed by atoms with E-state index < -0.39 is 10.0 Å². The summed E-state index contributed by atoms with van der Waals surface area (Å²) in [4.78, 5) is 0.294. The Kier molecular flexibility index (Phi) is 5.34. The normalized spacial score (nSPS) is 15.3. The van der Waals surface area contributed by atoms with Crippen molar-refractivity contribution in [2.45, 2.75) is 37.2 Å². The standard InChI is InChI=1S/C13H23N3O2S/c1-10(14)9-11(2)15-12-5-7-13(8-6-12)19(17,18)16(3)4/h5-8,10-11,15H,9,14H2,1-4H3. The molecule has 0 saturated heterocycles. The monoisotopic (exact) mass is 285 g/mol. The molecular weight excluding hydrogens is 262 g/mol. The summed E-state index contributed by atoms with van der Waals surface area (Å²) in [6, 6.07) is 7.14. The third kappa shape index (κ3) is 4.49. The zero-order valence-electron chi connectivity index (χ0n) is 11.9. The Morgan fingerprint density at radius 3 is 2.16 bits per heavy atom. The van der Waals surface area contributed by atoms with Gasteiger partial charge in [0.2, 0.25) is 10.0 Å². The van der Waals surface area contributed by atoms with Crippen LogP contribution >= 0.6 is 0 Å². The van der Waals surface area contributed by atoms with Gasteiger partial charge in [-0.3, -0.25) is 0 Å². The maximum absolute atomic E-state index is 11.9. The highest BCUT2D eigenvalue weighted by Gasteiger charge is 2.16. The van der Waals surface area contributed by atoms with Gasteiger partial charge >= 0.3 is 0 Å². The van der Waals surface area contributed by atoms with Crippen molar-refractivity contribution in [3.05, 3.63) is 24.3 Å². The summed E-state index contributed by atoms with van der Waals surface area (Å²) in [6.45, 7) is 4.01. The van der Waals surface area contributed by atoms with Crippen LogP contribution in [0.5, 0.6) is 0 Å². The Labute approximate surface area is 115 Å². The second kappa shape index (κ2) is 6.36. The van der Waals surface area contributed by atoms with E-state index in [4.69, 9.17) is 5.73 Å². The largest absolute Gasteiger partial charge is 0.383 e. The van der Waals surface area contributed by atoms with E-state index in [1.54, 1.807) is 24.3 Å². The molecule has 2 atom stereocenters. The Morgan fingerprint density at radius 1 is 1.21 bits per heavy atom. The molecule has 1 aromatic carbocycles. The molecule has 1 rings (SSSR count). The summed E-state index contributed by atoms with van der Waals surface area (Å²) in [5, 5.41) is 3.29. The van der Waals surface area contributed by atoms with Gasteiger partial charge in [-0.05, 0) is 44.5 Å². The first kappa shape index (κ1) is 15.9. The summed E-state index contributed by atoms with van der Waals surface area (Å²) >= 11 is 0. The molecule has 108 valence electrons. The van der Waals surface area contributed by atoms with Crippen LogP contribution in [0, 0.1) is 0 Å². The van der Waals surface area contributed by atoms with Gasteiger partial charge in [-0.1, -0.05) is 0 Å². The third-order valence-corrected chi connectivity index (χ3v) is 4.60. The molecular formula is C13H23N3O2S. The number of nitrogens with two attached hydrogens (primary N) is 1. The molecule has 0 saturated carbocycles. The molecule has 19 heavy (non-hydrogen) atoms. The van der Waals surface area contributed by atoms with Crippen molar-refractivity contribution in [2.24, 2.45) is 5.73 Å². The van der Waals surface area contributed by atoms with E-state index in [2.05, 4.69) is 5.32 Å². The predicted molar refractivity (Wildman–Crippen MR) is 78.7 cm³/mol. The first-order valence-electron chi connectivity index (χ1n) is 6.28. The maximum Gasteiger partial charge on any atom is 0.242 e. The fourth-order valence-corrected chi connectivity index (χ4v) is 2.74. The van der Waals surface area contributed by atoms with E-state index in [0.717, 1.165) is 12.1 Å². The van der Waals surface area contributed by atoms with Gasteiger partial charge in [0.15, 0.2) is 0 Å². The minimum atomic E-state index is -3.36. The molecule has 6 heteroatoms. The van der Waals surface area contributed by atoms with Crippen LogP contribution in [-0.2, 0) is 10.0 Å². The molecule has 0 aliphatic rings. The summed E-state index contributed by atoms with van der Waals surface area (Å²) in [5.74, 6) is 0. The molecule has 1 aromatic rings. The summed E-state index contributed by atoms with van der Waals surface area (Å²) in [6.07, 6.45) is 0.859. The molecule has 0 aliphatic heterocycles. The highest BCUT2D eigenvalue weighted by molar-refractivity contribution is 7.89. The predicted octanol–water partition coefficient (Wildman–Crippen LogP) is 1.47. The minimum absolute atomic E-state index is 0.135. The highest BCUT2D eigenvalue weighted by atomic mass is 32.2. The van der Waals surface area contributed by atoms with Gasteiger partial charge in [0.25, 0.3) is 0 Å². The first-order valence-corrected chi connectivity index (χ1v) is 7.72. The van der Waals surface area contributed by atoms with Crippen LogP contribution in [0.4, 0.5) is 5.69 Å². The average molecular weight is 285 g/mol. The van der Waals surface area contributed by atoms with Crippen LogP contribution in [0.2, 0.25) is 0 Å². The van der Waals surface area contributed by atoms with E-state index in [9.17, 15) is 8.42 Å². The second-order valence-corrected chi connectivity index (χ2v) is 7.22. The van der Waals surface area contributed by atoms with Crippen molar-refractivity contribution in [3.8, 4) is 0 Å². The van der Waals surface area contributed by atoms with E-state index >= 15 is 0 Å². The topological polar surface area (TPSA) is 75.4 Å². The molecule has 3 N–H and O–H groups in total. The molecule has 0 aromatic heterocycles. The number of nitrogens with zero attached hydrogens (tertiary/aromatic N) is 1. The lowest BCUT2D eigenvalue weighted by Crippen LogP contribution is -2.26. The smallest absolute Gasteiger partial charge is 0.242 e. The Balaban J connectivity index is 2.78. The molecule has 0 heterocycles. The fourth-order valence-electron chi connectivity index (χ4n) is 1.84. The van der Waals surface area contributed by atoms with E-state index in [1.807, 2.05) is 13.8 Å². The van der Waals surface area contributed by atoms with Crippen LogP contribution in [0.3, 0.4) is 0 Å².